The molecule has 1 heterocycles. The van der Waals surface area contributed by atoms with Crippen LogP contribution in [0, 0.1) is 12.3 Å². The van der Waals surface area contributed by atoms with Crippen LogP contribution in [0.3, 0.4) is 0 Å². The third-order valence-corrected chi connectivity index (χ3v) is 2.75. The van der Waals surface area contributed by atoms with Crippen LogP contribution < -0.4 is 4.74 Å². The van der Waals surface area contributed by atoms with E-state index in [-0.39, 0.29) is 5.75 Å². The summed E-state index contributed by atoms with van der Waals surface area (Å²) in [7, 11) is 0. The number of aryl methyl sites for hydroxylation is 1. The smallest absolute Gasteiger partial charge is 0.405 e. The van der Waals surface area contributed by atoms with Gasteiger partial charge in [0, 0.05) is 15.6 Å². The van der Waals surface area contributed by atoms with Gasteiger partial charge in [0.1, 0.15) is 5.75 Å². The molecule has 0 atom stereocenters. The molecule has 0 unspecified atom stereocenters. The molecular formula is C10H6F3OS. The first-order valence-electron chi connectivity index (χ1n) is 4.13. The normalized spacial score (nSPS) is 12.0. The molecule has 1 aromatic carbocycles. The van der Waals surface area contributed by atoms with Crippen LogP contribution in [0.4, 0.5) is 13.2 Å². The number of ether oxygens (including phenoxy) is 1. The van der Waals surface area contributed by atoms with E-state index in [2.05, 4.69) is 10.1 Å². The molecule has 15 heavy (non-hydrogen) atoms. The zero-order valence-corrected chi connectivity index (χ0v) is 8.50. The number of hydrogen-bond donors (Lipinski definition) is 0. The SMILES string of the molecule is Cc1s[c]c2cccc(OC(F)(F)F)c12. The predicted molar refractivity (Wildman–Crippen MR) is 52.1 cm³/mol. The lowest BCUT2D eigenvalue weighted by molar-refractivity contribution is -0.274. The summed E-state index contributed by atoms with van der Waals surface area (Å²) in [6.07, 6.45) is -4.65. The van der Waals surface area contributed by atoms with E-state index in [1.54, 1.807) is 13.0 Å². The Morgan fingerprint density at radius 3 is 2.73 bits per heavy atom. The highest BCUT2D eigenvalue weighted by Gasteiger charge is 2.32. The van der Waals surface area contributed by atoms with Crippen molar-refractivity contribution in [3.05, 3.63) is 28.5 Å². The highest BCUT2D eigenvalue weighted by molar-refractivity contribution is 7.11. The van der Waals surface area contributed by atoms with E-state index in [9.17, 15) is 13.2 Å². The fraction of sp³-hybridized carbons (Fsp3) is 0.200. The minimum Gasteiger partial charge on any atom is -0.405 e. The molecule has 0 saturated carbocycles. The molecule has 0 spiro atoms. The van der Waals surface area contributed by atoms with Crippen LogP contribution >= 0.6 is 11.3 Å². The van der Waals surface area contributed by atoms with Gasteiger partial charge in [0.15, 0.2) is 0 Å². The van der Waals surface area contributed by atoms with E-state index < -0.39 is 6.36 Å². The van der Waals surface area contributed by atoms with Gasteiger partial charge in [-0.1, -0.05) is 12.1 Å². The second-order valence-corrected chi connectivity index (χ2v) is 4.01. The van der Waals surface area contributed by atoms with Crippen LogP contribution in [-0.2, 0) is 0 Å². The summed E-state index contributed by atoms with van der Waals surface area (Å²) in [5, 5.41) is 4.05. The Labute approximate surface area is 88.1 Å². The summed E-state index contributed by atoms with van der Waals surface area (Å²) in [6, 6.07) is 4.54. The summed E-state index contributed by atoms with van der Waals surface area (Å²) in [4.78, 5) is 0.768. The number of hydrogen-bond acceptors (Lipinski definition) is 2. The van der Waals surface area contributed by atoms with E-state index in [1.165, 1.54) is 23.5 Å². The Morgan fingerprint density at radius 1 is 1.33 bits per heavy atom. The fourth-order valence-electron chi connectivity index (χ4n) is 1.37. The molecule has 2 rings (SSSR count). The third kappa shape index (κ3) is 2.07. The van der Waals surface area contributed by atoms with Crippen molar-refractivity contribution in [2.24, 2.45) is 0 Å². The van der Waals surface area contributed by atoms with Crippen molar-refractivity contribution in [1.29, 1.82) is 0 Å². The third-order valence-electron chi connectivity index (χ3n) is 1.92. The summed E-state index contributed by atoms with van der Waals surface area (Å²) in [5.74, 6) is -0.157. The molecule has 2 aromatic rings. The largest absolute Gasteiger partial charge is 0.573 e. The van der Waals surface area contributed by atoms with Gasteiger partial charge in [-0.05, 0) is 13.0 Å². The molecule has 0 saturated heterocycles. The molecule has 1 radical (unpaired) electrons. The van der Waals surface area contributed by atoms with Gasteiger partial charge in [0.05, 0.1) is 5.38 Å². The Balaban J connectivity index is 2.55. The lowest BCUT2D eigenvalue weighted by Gasteiger charge is -2.10. The van der Waals surface area contributed by atoms with Crippen LogP contribution in [0.25, 0.3) is 10.8 Å². The highest BCUT2D eigenvalue weighted by atomic mass is 32.1. The van der Waals surface area contributed by atoms with Gasteiger partial charge < -0.3 is 4.74 Å². The Bertz CT molecular complexity index is 487. The van der Waals surface area contributed by atoms with Gasteiger partial charge in [-0.25, -0.2) is 0 Å². The van der Waals surface area contributed by atoms with E-state index in [0.29, 0.717) is 10.8 Å². The maximum Gasteiger partial charge on any atom is 0.573 e. The second kappa shape index (κ2) is 3.41. The molecule has 0 aliphatic rings. The van der Waals surface area contributed by atoms with Crippen LogP contribution in [0.2, 0.25) is 0 Å². The lowest BCUT2D eigenvalue weighted by Crippen LogP contribution is -2.17. The minimum atomic E-state index is -4.65. The molecule has 0 fully saturated rings. The number of alkyl halides is 3. The van der Waals surface area contributed by atoms with E-state index in [0.717, 1.165) is 4.88 Å². The highest BCUT2D eigenvalue weighted by Crippen LogP contribution is 2.35. The van der Waals surface area contributed by atoms with Gasteiger partial charge in [0.25, 0.3) is 0 Å². The summed E-state index contributed by atoms with van der Waals surface area (Å²) < 4.78 is 40.2. The average molecular weight is 231 g/mol. The second-order valence-electron chi connectivity index (χ2n) is 2.99. The molecule has 0 bridgehead atoms. The van der Waals surface area contributed by atoms with Gasteiger partial charge >= 0.3 is 6.36 Å². The molecule has 0 amide bonds. The fourth-order valence-corrected chi connectivity index (χ4v) is 2.12. The maximum absolute atomic E-state index is 12.1. The van der Waals surface area contributed by atoms with Crippen molar-refractivity contribution in [3.8, 4) is 5.75 Å². The summed E-state index contributed by atoms with van der Waals surface area (Å²) in [6.45, 7) is 1.74. The van der Waals surface area contributed by atoms with Crippen molar-refractivity contribution in [1.82, 2.24) is 0 Å². The molecule has 0 aliphatic heterocycles. The number of thiophene rings is 1. The molecule has 1 aromatic heterocycles. The molecule has 0 N–H and O–H groups in total. The number of halogens is 3. The predicted octanol–water partition coefficient (Wildman–Crippen LogP) is 3.91. The number of fused-ring (bicyclic) bond motifs is 1. The van der Waals surface area contributed by atoms with Crippen molar-refractivity contribution >= 4 is 22.1 Å². The first-order chi connectivity index (χ1) is 6.97. The monoisotopic (exact) mass is 231 g/mol. The molecule has 1 nitrogen and oxygen atoms in total. The zero-order chi connectivity index (χ0) is 11.1. The van der Waals surface area contributed by atoms with Gasteiger partial charge in [-0.3, -0.25) is 0 Å². The van der Waals surface area contributed by atoms with Crippen LogP contribution in [0.5, 0.6) is 5.75 Å². The van der Waals surface area contributed by atoms with Gasteiger partial charge in [-0.2, -0.15) is 0 Å². The quantitative estimate of drug-likeness (QED) is 0.723. The molecule has 79 valence electrons. The van der Waals surface area contributed by atoms with Crippen molar-refractivity contribution in [3.63, 3.8) is 0 Å². The van der Waals surface area contributed by atoms with Crippen molar-refractivity contribution in [2.45, 2.75) is 13.3 Å². The lowest BCUT2D eigenvalue weighted by atomic mass is 10.2. The Hall–Kier alpha value is -1.23. The maximum atomic E-state index is 12.1. The van der Waals surface area contributed by atoms with Crippen molar-refractivity contribution < 1.29 is 17.9 Å². The number of rotatable bonds is 1. The molecule has 5 heteroatoms. The van der Waals surface area contributed by atoms with E-state index >= 15 is 0 Å². The minimum absolute atomic E-state index is 0.157. The van der Waals surface area contributed by atoms with Gasteiger partial charge in [0.2, 0.25) is 0 Å². The van der Waals surface area contributed by atoms with Crippen LogP contribution in [0.1, 0.15) is 4.88 Å². The van der Waals surface area contributed by atoms with E-state index in [1.807, 2.05) is 0 Å². The molecule has 0 aliphatic carbocycles. The first kappa shape index (κ1) is 10.3. The summed E-state index contributed by atoms with van der Waals surface area (Å²) >= 11 is 1.29. The number of benzene rings is 1. The Morgan fingerprint density at radius 2 is 2.07 bits per heavy atom. The zero-order valence-electron chi connectivity index (χ0n) is 7.68. The van der Waals surface area contributed by atoms with Gasteiger partial charge in [-0.15, -0.1) is 24.5 Å². The summed E-state index contributed by atoms with van der Waals surface area (Å²) in [5.41, 5.74) is 0. The van der Waals surface area contributed by atoms with Crippen molar-refractivity contribution in [2.75, 3.05) is 0 Å². The van der Waals surface area contributed by atoms with Crippen LogP contribution in [0.15, 0.2) is 18.2 Å². The topological polar surface area (TPSA) is 9.23 Å². The first-order valence-corrected chi connectivity index (χ1v) is 4.94. The Kier molecular flexibility index (Phi) is 2.34. The standard InChI is InChI=1S/C10H6F3OS/c1-6-9-7(5-15-6)3-2-4-8(9)14-10(11,12)13/h2-4H,1H3. The molecular weight excluding hydrogens is 225 g/mol. The average Bonchev–Trinajstić information content (AvgIpc) is 2.46. The van der Waals surface area contributed by atoms with Crippen LogP contribution in [-0.4, -0.2) is 6.36 Å². The van der Waals surface area contributed by atoms with E-state index in [4.69, 9.17) is 0 Å².